The van der Waals surface area contributed by atoms with Crippen molar-refractivity contribution in [1.82, 2.24) is 9.97 Å². The molecule has 0 saturated carbocycles. The number of halogens is 1. The Labute approximate surface area is 109 Å². The molecule has 0 saturated heterocycles. The topological polar surface area (TPSA) is 73.2 Å². The van der Waals surface area contributed by atoms with E-state index in [1.807, 2.05) is 19.1 Å². The maximum atomic E-state index is 6.06. The van der Waals surface area contributed by atoms with Crippen LogP contribution >= 0.6 is 11.6 Å². The number of hydrogen-bond donors (Lipinski definition) is 2. The van der Waals surface area contributed by atoms with Gasteiger partial charge in [0.15, 0.2) is 17.4 Å². The van der Waals surface area contributed by atoms with Crippen molar-refractivity contribution in [3.63, 3.8) is 0 Å². The van der Waals surface area contributed by atoms with Crippen LogP contribution in [0.15, 0.2) is 12.1 Å². The predicted molar refractivity (Wildman–Crippen MR) is 69.2 cm³/mol. The summed E-state index contributed by atoms with van der Waals surface area (Å²) in [5.41, 5.74) is 8.12. The first-order chi connectivity index (χ1) is 8.65. The molecule has 0 spiro atoms. The monoisotopic (exact) mass is 265 g/mol. The second-order valence-electron chi connectivity index (χ2n) is 4.10. The van der Waals surface area contributed by atoms with Crippen molar-refractivity contribution in [3.05, 3.63) is 22.8 Å². The average molecular weight is 266 g/mol. The molecule has 0 amide bonds. The van der Waals surface area contributed by atoms with Gasteiger partial charge in [-0.25, -0.2) is 4.98 Å². The van der Waals surface area contributed by atoms with Gasteiger partial charge in [0.1, 0.15) is 24.1 Å². The van der Waals surface area contributed by atoms with E-state index < -0.39 is 0 Å². The third-order valence-electron chi connectivity index (χ3n) is 2.82. The van der Waals surface area contributed by atoms with Gasteiger partial charge in [-0.15, -0.1) is 0 Å². The van der Waals surface area contributed by atoms with Gasteiger partial charge in [-0.1, -0.05) is 11.6 Å². The molecule has 3 rings (SSSR count). The molecule has 1 aliphatic rings. The van der Waals surface area contributed by atoms with Gasteiger partial charge in [-0.3, -0.25) is 0 Å². The molecule has 2 heterocycles. The molecule has 1 aromatic carbocycles. The number of rotatable bonds is 1. The second-order valence-corrected chi connectivity index (χ2v) is 4.47. The molecular weight excluding hydrogens is 254 g/mol. The van der Waals surface area contributed by atoms with E-state index in [0.29, 0.717) is 35.8 Å². The smallest absolute Gasteiger partial charge is 0.199 e. The summed E-state index contributed by atoms with van der Waals surface area (Å²) < 4.78 is 11.1. The standard InChI is InChI=1S/C12H12ClN3O2/c1-6-4-8-9(18-3-2-17-8)5-7(6)10-11(13)16-12(14)15-10/h4-5H,2-3H2,1H3,(H3,14,15,16). The van der Waals surface area contributed by atoms with Crippen LogP contribution in [0, 0.1) is 6.92 Å². The van der Waals surface area contributed by atoms with Gasteiger partial charge in [0.25, 0.3) is 0 Å². The summed E-state index contributed by atoms with van der Waals surface area (Å²) >= 11 is 6.06. The van der Waals surface area contributed by atoms with Crippen LogP contribution in [0.2, 0.25) is 5.15 Å². The van der Waals surface area contributed by atoms with Gasteiger partial charge in [0.05, 0.1) is 0 Å². The van der Waals surface area contributed by atoms with Crippen molar-refractivity contribution in [2.45, 2.75) is 6.92 Å². The molecule has 2 aromatic rings. The normalized spacial score (nSPS) is 13.7. The van der Waals surface area contributed by atoms with E-state index in [-0.39, 0.29) is 0 Å². The Balaban J connectivity index is 2.15. The molecule has 18 heavy (non-hydrogen) atoms. The number of H-pyrrole nitrogens is 1. The summed E-state index contributed by atoms with van der Waals surface area (Å²) in [7, 11) is 0. The van der Waals surface area contributed by atoms with Gasteiger partial charge >= 0.3 is 0 Å². The van der Waals surface area contributed by atoms with E-state index in [1.165, 1.54) is 0 Å². The first kappa shape index (κ1) is 11.2. The van der Waals surface area contributed by atoms with Crippen molar-refractivity contribution in [2.75, 3.05) is 18.9 Å². The second kappa shape index (κ2) is 4.10. The fourth-order valence-electron chi connectivity index (χ4n) is 1.99. The van der Waals surface area contributed by atoms with Crippen LogP contribution in [-0.2, 0) is 0 Å². The number of aromatic amines is 1. The van der Waals surface area contributed by atoms with E-state index in [9.17, 15) is 0 Å². The van der Waals surface area contributed by atoms with E-state index in [2.05, 4.69) is 9.97 Å². The first-order valence-electron chi connectivity index (χ1n) is 5.57. The number of aryl methyl sites for hydroxylation is 1. The minimum atomic E-state index is 0.296. The molecule has 1 aromatic heterocycles. The van der Waals surface area contributed by atoms with Gasteiger partial charge in [0, 0.05) is 5.56 Å². The summed E-state index contributed by atoms with van der Waals surface area (Å²) in [6.07, 6.45) is 0. The van der Waals surface area contributed by atoms with Crippen molar-refractivity contribution >= 4 is 17.5 Å². The molecule has 0 aliphatic carbocycles. The maximum Gasteiger partial charge on any atom is 0.199 e. The molecule has 6 heteroatoms. The Hall–Kier alpha value is -1.88. The highest BCUT2D eigenvalue weighted by molar-refractivity contribution is 6.32. The molecule has 0 bridgehead atoms. The molecule has 3 N–H and O–H groups in total. The largest absolute Gasteiger partial charge is 0.486 e. The van der Waals surface area contributed by atoms with E-state index in [0.717, 1.165) is 16.9 Å². The van der Waals surface area contributed by atoms with Crippen LogP contribution < -0.4 is 15.2 Å². The van der Waals surface area contributed by atoms with Crippen LogP contribution in [-0.4, -0.2) is 23.2 Å². The van der Waals surface area contributed by atoms with Gasteiger partial charge in [-0.05, 0) is 24.6 Å². The Morgan fingerprint density at radius 2 is 1.94 bits per heavy atom. The van der Waals surface area contributed by atoms with Crippen molar-refractivity contribution in [3.8, 4) is 22.8 Å². The predicted octanol–water partition coefficient (Wildman–Crippen LogP) is 2.39. The fourth-order valence-corrected chi connectivity index (χ4v) is 2.23. The average Bonchev–Trinajstić information content (AvgIpc) is 2.67. The first-order valence-corrected chi connectivity index (χ1v) is 5.94. The molecule has 0 unspecified atom stereocenters. The van der Waals surface area contributed by atoms with Crippen LogP contribution in [0.3, 0.4) is 0 Å². The van der Waals surface area contributed by atoms with Gasteiger partial charge in [-0.2, -0.15) is 0 Å². The van der Waals surface area contributed by atoms with Crippen molar-refractivity contribution < 1.29 is 9.47 Å². The molecule has 94 valence electrons. The highest BCUT2D eigenvalue weighted by Crippen LogP contribution is 2.38. The Kier molecular flexibility index (Phi) is 2.56. The third-order valence-corrected chi connectivity index (χ3v) is 3.10. The lowest BCUT2D eigenvalue weighted by molar-refractivity contribution is 0.171. The van der Waals surface area contributed by atoms with Crippen LogP contribution in [0.25, 0.3) is 11.3 Å². The number of nitrogens with one attached hydrogen (secondary N) is 1. The molecule has 0 atom stereocenters. The summed E-state index contributed by atoms with van der Waals surface area (Å²) in [5.74, 6) is 1.76. The number of nitrogen functional groups attached to an aromatic ring is 1. The van der Waals surface area contributed by atoms with Crippen LogP contribution in [0.4, 0.5) is 5.95 Å². The number of aromatic nitrogens is 2. The minimum absolute atomic E-state index is 0.296. The SMILES string of the molecule is Cc1cc2c(cc1-c1nc(N)[nH]c1Cl)OCCO2. The van der Waals surface area contributed by atoms with Crippen LogP contribution in [0.5, 0.6) is 11.5 Å². The number of benzene rings is 1. The zero-order valence-electron chi connectivity index (χ0n) is 9.79. The molecule has 1 aliphatic heterocycles. The highest BCUT2D eigenvalue weighted by atomic mass is 35.5. The van der Waals surface area contributed by atoms with Crippen LogP contribution in [0.1, 0.15) is 5.56 Å². The molecule has 5 nitrogen and oxygen atoms in total. The summed E-state index contributed by atoms with van der Waals surface area (Å²) in [5, 5.41) is 0.423. The zero-order chi connectivity index (χ0) is 12.7. The zero-order valence-corrected chi connectivity index (χ0v) is 10.5. The summed E-state index contributed by atoms with van der Waals surface area (Å²) in [4.78, 5) is 6.96. The number of anilines is 1. The quantitative estimate of drug-likeness (QED) is 0.830. The number of fused-ring (bicyclic) bond motifs is 1. The number of hydrogen-bond acceptors (Lipinski definition) is 4. The molecular formula is C12H12ClN3O2. The Morgan fingerprint density at radius 3 is 2.56 bits per heavy atom. The fraction of sp³-hybridized carbons (Fsp3) is 0.250. The third kappa shape index (κ3) is 1.76. The number of imidazole rings is 1. The van der Waals surface area contributed by atoms with E-state index in [1.54, 1.807) is 0 Å². The van der Waals surface area contributed by atoms with Gasteiger partial charge in [0.2, 0.25) is 0 Å². The summed E-state index contributed by atoms with van der Waals surface area (Å²) in [6, 6.07) is 3.80. The molecule has 0 radical (unpaired) electrons. The lowest BCUT2D eigenvalue weighted by Crippen LogP contribution is -2.15. The van der Waals surface area contributed by atoms with Crippen molar-refractivity contribution in [2.24, 2.45) is 0 Å². The lowest BCUT2D eigenvalue weighted by atomic mass is 10.0. The number of nitrogens with zero attached hydrogens (tertiary/aromatic N) is 1. The van der Waals surface area contributed by atoms with E-state index >= 15 is 0 Å². The Bertz CT molecular complexity index is 610. The minimum Gasteiger partial charge on any atom is -0.486 e. The van der Waals surface area contributed by atoms with E-state index in [4.69, 9.17) is 26.8 Å². The maximum absolute atomic E-state index is 6.06. The lowest BCUT2D eigenvalue weighted by Gasteiger charge is -2.20. The molecule has 0 fully saturated rings. The summed E-state index contributed by atoms with van der Waals surface area (Å²) in [6.45, 7) is 3.09. The number of ether oxygens (including phenoxy) is 2. The highest BCUT2D eigenvalue weighted by Gasteiger charge is 2.18. The van der Waals surface area contributed by atoms with Gasteiger partial charge < -0.3 is 20.2 Å². The van der Waals surface area contributed by atoms with Crippen molar-refractivity contribution in [1.29, 1.82) is 0 Å². The number of nitrogens with two attached hydrogens (primary N) is 1. The Morgan fingerprint density at radius 1 is 1.28 bits per heavy atom.